The molecule has 1 fully saturated rings. The molecule has 1 N–H and O–H groups in total. The van der Waals surface area contributed by atoms with Crippen molar-refractivity contribution < 1.29 is 14.6 Å². The van der Waals surface area contributed by atoms with Crippen molar-refractivity contribution in [3.8, 4) is 17.2 Å². The summed E-state index contributed by atoms with van der Waals surface area (Å²) in [5, 5.41) is 9.49. The summed E-state index contributed by atoms with van der Waals surface area (Å²) in [5.74, 6) is 1.77. The average molecular weight is 392 g/mol. The smallest absolute Gasteiger partial charge is 0.174 e. The van der Waals surface area contributed by atoms with E-state index in [9.17, 15) is 5.11 Å². The third-order valence-electron chi connectivity index (χ3n) is 4.52. The van der Waals surface area contributed by atoms with Crippen molar-refractivity contribution in [2.24, 2.45) is 0 Å². The fraction of sp³-hybridized carbons (Fsp3) is 0.368. The van der Waals surface area contributed by atoms with Crippen LogP contribution < -0.4 is 9.47 Å². The topological polar surface area (TPSA) is 41.9 Å². The summed E-state index contributed by atoms with van der Waals surface area (Å²) in [7, 11) is 3.30. The largest absolute Gasteiger partial charge is 0.508 e. The molecular weight excluding hydrogens is 370 g/mol. The second kappa shape index (κ2) is 7.45. The first kappa shape index (κ1) is 17.1. The van der Waals surface area contributed by atoms with E-state index in [-0.39, 0.29) is 0 Å². The predicted octanol–water partition coefficient (Wildman–Crippen LogP) is 4.51. The van der Waals surface area contributed by atoms with Gasteiger partial charge in [-0.25, -0.2) is 0 Å². The van der Waals surface area contributed by atoms with Gasteiger partial charge in [0.05, 0.1) is 18.7 Å². The summed E-state index contributed by atoms with van der Waals surface area (Å²) < 4.78 is 11.7. The molecular formula is C19H22BrNO3. The van der Waals surface area contributed by atoms with Crippen molar-refractivity contribution in [1.29, 1.82) is 0 Å². The Labute approximate surface area is 151 Å². The molecule has 0 spiro atoms. The highest BCUT2D eigenvalue weighted by molar-refractivity contribution is 9.10. The van der Waals surface area contributed by atoms with Gasteiger partial charge in [0, 0.05) is 12.6 Å². The van der Waals surface area contributed by atoms with Gasteiger partial charge in [-0.05, 0) is 70.7 Å². The zero-order chi connectivity index (χ0) is 17.1. The van der Waals surface area contributed by atoms with Gasteiger partial charge in [-0.3, -0.25) is 4.90 Å². The number of halogens is 1. The Bertz CT molecular complexity index is 703. The summed E-state index contributed by atoms with van der Waals surface area (Å²) in [4.78, 5) is 2.47. The zero-order valence-electron chi connectivity index (χ0n) is 14.0. The molecule has 2 aromatic carbocycles. The minimum atomic E-state index is 0.312. The molecule has 0 aromatic heterocycles. The lowest BCUT2D eigenvalue weighted by atomic mass is 10.0. The van der Waals surface area contributed by atoms with Crippen LogP contribution in [0.3, 0.4) is 0 Å². The first-order valence-corrected chi connectivity index (χ1v) is 8.85. The lowest BCUT2D eigenvalue weighted by Crippen LogP contribution is -2.22. The van der Waals surface area contributed by atoms with Crippen molar-refractivity contribution in [3.63, 3.8) is 0 Å². The lowest BCUT2D eigenvalue weighted by Gasteiger charge is -2.25. The van der Waals surface area contributed by atoms with E-state index in [2.05, 4.69) is 26.9 Å². The first-order valence-electron chi connectivity index (χ1n) is 8.05. The predicted molar refractivity (Wildman–Crippen MR) is 97.7 cm³/mol. The van der Waals surface area contributed by atoms with Gasteiger partial charge in [-0.15, -0.1) is 0 Å². The Kier molecular flexibility index (Phi) is 5.31. The standard InChI is InChI=1S/C19H22BrNO3/c1-23-18-11-13(10-16(20)19(18)24-2)12-21-9-3-4-17(21)14-5-7-15(22)8-6-14/h5-8,10-11,17,22H,3-4,9,12H2,1-2H3/t17-/m0/s1. The summed E-state index contributed by atoms with van der Waals surface area (Å²) in [5.41, 5.74) is 2.44. The Morgan fingerprint density at radius 1 is 1.17 bits per heavy atom. The van der Waals surface area contributed by atoms with Crippen LogP contribution in [0.25, 0.3) is 0 Å². The third kappa shape index (κ3) is 3.52. The Morgan fingerprint density at radius 2 is 1.92 bits per heavy atom. The van der Waals surface area contributed by atoms with Crippen LogP contribution in [-0.4, -0.2) is 30.8 Å². The molecule has 0 unspecified atom stereocenters. The molecule has 0 amide bonds. The van der Waals surface area contributed by atoms with Gasteiger partial charge in [-0.2, -0.15) is 0 Å². The molecule has 0 radical (unpaired) electrons. The van der Waals surface area contributed by atoms with E-state index in [0.717, 1.165) is 35.5 Å². The number of phenols is 1. The fourth-order valence-corrected chi connectivity index (χ4v) is 4.04. The van der Waals surface area contributed by atoms with E-state index in [0.29, 0.717) is 11.8 Å². The van der Waals surface area contributed by atoms with E-state index < -0.39 is 0 Å². The number of aromatic hydroxyl groups is 1. The zero-order valence-corrected chi connectivity index (χ0v) is 15.5. The van der Waals surface area contributed by atoms with Crippen molar-refractivity contribution in [1.82, 2.24) is 4.90 Å². The van der Waals surface area contributed by atoms with E-state index in [1.165, 1.54) is 17.5 Å². The van der Waals surface area contributed by atoms with Gasteiger partial charge in [-0.1, -0.05) is 12.1 Å². The van der Waals surface area contributed by atoms with Crippen molar-refractivity contribution >= 4 is 15.9 Å². The Balaban J connectivity index is 1.82. The van der Waals surface area contributed by atoms with Gasteiger partial charge >= 0.3 is 0 Å². The maximum absolute atomic E-state index is 9.49. The number of ether oxygens (including phenoxy) is 2. The molecule has 3 rings (SSSR count). The number of phenolic OH excluding ortho intramolecular Hbond substituents is 1. The lowest BCUT2D eigenvalue weighted by molar-refractivity contribution is 0.247. The number of nitrogens with zero attached hydrogens (tertiary/aromatic N) is 1. The van der Waals surface area contributed by atoms with Crippen molar-refractivity contribution in [2.75, 3.05) is 20.8 Å². The summed E-state index contributed by atoms with van der Waals surface area (Å²) in [6, 6.07) is 12.1. The summed E-state index contributed by atoms with van der Waals surface area (Å²) >= 11 is 3.57. The molecule has 128 valence electrons. The number of likely N-dealkylation sites (tertiary alicyclic amines) is 1. The number of rotatable bonds is 5. The quantitative estimate of drug-likeness (QED) is 0.813. The van der Waals surface area contributed by atoms with Crippen molar-refractivity contribution in [2.45, 2.75) is 25.4 Å². The van der Waals surface area contributed by atoms with Gasteiger partial charge in [0.25, 0.3) is 0 Å². The fourth-order valence-electron chi connectivity index (χ4n) is 3.39. The molecule has 1 aliphatic heterocycles. The number of hydrogen-bond donors (Lipinski definition) is 1. The van der Waals surface area contributed by atoms with Crippen LogP contribution in [-0.2, 0) is 6.54 Å². The minimum Gasteiger partial charge on any atom is -0.508 e. The van der Waals surface area contributed by atoms with Gasteiger partial charge < -0.3 is 14.6 Å². The third-order valence-corrected chi connectivity index (χ3v) is 5.11. The molecule has 5 heteroatoms. The van der Waals surface area contributed by atoms with Crippen LogP contribution >= 0.6 is 15.9 Å². The number of methoxy groups -OCH3 is 2. The summed E-state index contributed by atoms with van der Waals surface area (Å²) in [6.07, 6.45) is 2.32. The molecule has 0 bridgehead atoms. The van der Waals surface area contributed by atoms with E-state index >= 15 is 0 Å². The van der Waals surface area contributed by atoms with Crippen LogP contribution in [0.1, 0.15) is 30.0 Å². The van der Waals surface area contributed by atoms with Gasteiger partial charge in [0.2, 0.25) is 0 Å². The monoisotopic (exact) mass is 391 g/mol. The maximum Gasteiger partial charge on any atom is 0.174 e. The van der Waals surface area contributed by atoms with Crippen LogP contribution in [0.5, 0.6) is 17.2 Å². The Morgan fingerprint density at radius 3 is 2.58 bits per heavy atom. The molecule has 24 heavy (non-hydrogen) atoms. The molecule has 0 saturated carbocycles. The summed E-state index contributed by atoms with van der Waals surface area (Å²) in [6.45, 7) is 1.92. The van der Waals surface area contributed by atoms with E-state index in [4.69, 9.17) is 9.47 Å². The van der Waals surface area contributed by atoms with Crippen LogP contribution in [0.15, 0.2) is 40.9 Å². The SMILES string of the molecule is COc1cc(CN2CCC[C@H]2c2ccc(O)cc2)cc(Br)c1OC. The Hall–Kier alpha value is -1.72. The molecule has 1 aliphatic rings. The molecule has 0 aliphatic carbocycles. The van der Waals surface area contributed by atoms with E-state index in [1.807, 2.05) is 18.2 Å². The van der Waals surface area contributed by atoms with Crippen LogP contribution in [0, 0.1) is 0 Å². The molecule has 4 nitrogen and oxygen atoms in total. The van der Waals surface area contributed by atoms with Gasteiger partial charge in [0.1, 0.15) is 5.75 Å². The first-order chi connectivity index (χ1) is 11.6. The molecule has 1 heterocycles. The highest BCUT2D eigenvalue weighted by atomic mass is 79.9. The molecule has 1 atom stereocenters. The maximum atomic E-state index is 9.49. The molecule has 1 saturated heterocycles. The van der Waals surface area contributed by atoms with Crippen LogP contribution in [0.4, 0.5) is 0 Å². The number of hydrogen-bond acceptors (Lipinski definition) is 4. The second-order valence-corrected chi connectivity index (χ2v) is 6.89. The second-order valence-electron chi connectivity index (χ2n) is 6.03. The highest BCUT2D eigenvalue weighted by Crippen LogP contribution is 2.38. The van der Waals surface area contributed by atoms with Crippen LogP contribution in [0.2, 0.25) is 0 Å². The van der Waals surface area contributed by atoms with E-state index in [1.54, 1.807) is 26.4 Å². The molecule has 2 aromatic rings. The minimum absolute atomic E-state index is 0.312. The number of benzene rings is 2. The average Bonchev–Trinajstić information content (AvgIpc) is 3.03. The van der Waals surface area contributed by atoms with Gasteiger partial charge in [0.15, 0.2) is 11.5 Å². The normalized spacial score (nSPS) is 17.9. The highest BCUT2D eigenvalue weighted by Gasteiger charge is 2.26. The van der Waals surface area contributed by atoms with Crippen molar-refractivity contribution in [3.05, 3.63) is 52.0 Å².